The second-order valence-electron chi connectivity index (χ2n) is 4.46. The van der Waals surface area contributed by atoms with Crippen LogP contribution >= 0.6 is 0 Å². The van der Waals surface area contributed by atoms with Gasteiger partial charge in [-0.3, -0.25) is 4.90 Å². The topological polar surface area (TPSA) is 23.1 Å². The van der Waals surface area contributed by atoms with E-state index in [1.165, 1.54) is 11.1 Å². The summed E-state index contributed by atoms with van der Waals surface area (Å²) in [5, 5.41) is 11.2. The van der Waals surface area contributed by atoms with Crippen LogP contribution in [0.3, 0.4) is 0 Å². The summed E-state index contributed by atoms with van der Waals surface area (Å²) in [6, 6.07) is 8.61. The molecule has 15 heavy (non-hydrogen) atoms. The van der Waals surface area contributed by atoms with Gasteiger partial charge in [0.2, 0.25) is 0 Å². The molecule has 1 aromatic rings. The van der Waals surface area contributed by atoms with E-state index in [1.807, 2.05) is 0 Å². The van der Waals surface area contributed by atoms with Gasteiger partial charge in [0, 0.05) is 19.6 Å². The Bertz CT molecular complexity index is 316. The molecule has 1 saturated heterocycles. The van der Waals surface area contributed by atoms with Crippen LogP contribution in [-0.2, 0) is 11.7 Å². The molecule has 0 amide bonds. The molecular formula is C13H18NO. The molecule has 1 radical (unpaired) electrons. The maximum absolute atomic E-state index is 11.2. The Balaban J connectivity index is 1.92. The summed E-state index contributed by atoms with van der Waals surface area (Å²) in [7, 11) is 0. The molecule has 1 aromatic carbocycles. The van der Waals surface area contributed by atoms with Crippen LogP contribution in [0.2, 0.25) is 0 Å². The number of aryl methyl sites for hydroxylation is 1. The van der Waals surface area contributed by atoms with Crippen molar-refractivity contribution < 1.29 is 5.11 Å². The quantitative estimate of drug-likeness (QED) is 0.725. The van der Waals surface area contributed by atoms with Gasteiger partial charge in [0.05, 0.1) is 6.10 Å². The third-order valence-electron chi connectivity index (χ3n) is 3.02. The van der Waals surface area contributed by atoms with E-state index in [-0.39, 0.29) is 6.10 Å². The molecule has 1 heterocycles. The summed E-state index contributed by atoms with van der Waals surface area (Å²) in [4.78, 5) is 2.38. The third kappa shape index (κ3) is 3.05. The molecule has 0 aliphatic carbocycles. The van der Waals surface area contributed by atoms with Gasteiger partial charge in [0.25, 0.3) is 0 Å². The van der Waals surface area contributed by atoms with E-state index in [0.717, 1.165) is 32.5 Å². The largest absolute Gasteiger partial charge is 0.299 e. The lowest BCUT2D eigenvalue weighted by atomic mass is 10.1. The monoisotopic (exact) mass is 204 g/mol. The minimum atomic E-state index is -0.321. The molecule has 81 valence electrons. The van der Waals surface area contributed by atoms with Crippen LogP contribution in [0.25, 0.3) is 0 Å². The molecule has 2 heteroatoms. The fourth-order valence-corrected chi connectivity index (χ4v) is 2.14. The molecule has 0 unspecified atom stereocenters. The Hall–Kier alpha value is -0.860. The number of rotatable bonds is 2. The van der Waals surface area contributed by atoms with E-state index >= 15 is 0 Å². The van der Waals surface area contributed by atoms with E-state index in [4.69, 9.17) is 0 Å². The Kier molecular flexibility index (Phi) is 3.39. The highest BCUT2D eigenvalue weighted by Gasteiger charge is 2.17. The molecule has 2 nitrogen and oxygen atoms in total. The van der Waals surface area contributed by atoms with Crippen LogP contribution in [0.1, 0.15) is 24.0 Å². The molecule has 0 atom stereocenters. The standard InChI is InChI=1S/C13H18NO/c1-11-3-2-4-12(9-11)10-14-7-5-13(15)6-8-14/h2-4,9,13H,5-8,10H2,1H3. The van der Waals surface area contributed by atoms with Crippen molar-refractivity contribution in [1.82, 2.24) is 4.90 Å². The minimum absolute atomic E-state index is 0.321. The highest BCUT2D eigenvalue weighted by molar-refractivity contribution is 5.22. The molecule has 0 aromatic heterocycles. The minimum Gasteiger partial charge on any atom is -0.299 e. The molecule has 1 aliphatic rings. The average molecular weight is 204 g/mol. The summed E-state index contributed by atoms with van der Waals surface area (Å²) >= 11 is 0. The number of likely N-dealkylation sites (tertiary alicyclic amines) is 1. The predicted octanol–water partition coefficient (Wildman–Crippen LogP) is 2.39. The van der Waals surface area contributed by atoms with Crippen molar-refractivity contribution >= 4 is 0 Å². The Morgan fingerprint density at radius 1 is 1.33 bits per heavy atom. The van der Waals surface area contributed by atoms with E-state index in [9.17, 15) is 5.11 Å². The van der Waals surface area contributed by atoms with Crippen molar-refractivity contribution in [2.24, 2.45) is 0 Å². The fraction of sp³-hybridized carbons (Fsp3) is 0.538. The first-order valence-corrected chi connectivity index (χ1v) is 5.68. The Labute approximate surface area is 91.5 Å². The molecular weight excluding hydrogens is 186 g/mol. The summed E-state index contributed by atoms with van der Waals surface area (Å²) in [6.07, 6.45) is 1.30. The summed E-state index contributed by atoms with van der Waals surface area (Å²) < 4.78 is 0. The number of hydrogen-bond donors (Lipinski definition) is 0. The van der Waals surface area contributed by atoms with Crippen molar-refractivity contribution in [3.63, 3.8) is 0 Å². The van der Waals surface area contributed by atoms with Gasteiger partial charge in [-0.05, 0) is 25.3 Å². The second kappa shape index (κ2) is 4.77. The second-order valence-corrected chi connectivity index (χ2v) is 4.46. The number of hydrogen-bond acceptors (Lipinski definition) is 1. The highest BCUT2D eigenvalue weighted by Crippen LogP contribution is 2.14. The van der Waals surface area contributed by atoms with Gasteiger partial charge < -0.3 is 0 Å². The Morgan fingerprint density at radius 3 is 2.73 bits per heavy atom. The SMILES string of the molecule is Cc1cccc(CN2CCC([O])CC2)c1. The van der Waals surface area contributed by atoms with E-state index in [0.29, 0.717) is 0 Å². The number of piperidine rings is 1. The van der Waals surface area contributed by atoms with E-state index < -0.39 is 0 Å². The fourth-order valence-electron chi connectivity index (χ4n) is 2.14. The summed E-state index contributed by atoms with van der Waals surface area (Å²) in [5.41, 5.74) is 2.67. The molecule has 0 saturated carbocycles. The molecule has 2 rings (SSSR count). The lowest BCUT2D eigenvalue weighted by molar-refractivity contribution is 0.0257. The first-order valence-electron chi connectivity index (χ1n) is 5.68. The van der Waals surface area contributed by atoms with Crippen LogP contribution in [0, 0.1) is 6.92 Å². The van der Waals surface area contributed by atoms with Gasteiger partial charge in [-0.15, -0.1) is 0 Å². The summed E-state index contributed by atoms with van der Waals surface area (Å²) in [6.45, 7) is 5.03. The molecule has 0 spiro atoms. The third-order valence-corrected chi connectivity index (χ3v) is 3.02. The first-order chi connectivity index (χ1) is 7.24. The van der Waals surface area contributed by atoms with Crippen LogP contribution in [0.15, 0.2) is 24.3 Å². The van der Waals surface area contributed by atoms with Gasteiger partial charge in [-0.25, -0.2) is 5.11 Å². The van der Waals surface area contributed by atoms with Crippen molar-refractivity contribution in [3.05, 3.63) is 35.4 Å². The van der Waals surface area contributed by atoms with Gasteiger partial charge in [-0.1, -0.05) is 29.8 Å². The molecule has 0 bridgehead atoms. The zero-order chi connectivity index (χ0) is 10.7. The van der Waals surface area contributed by atoms with E-state index in [1.54, 1.807) is 0 Å². The zero-order valence-electron chi connectivity index (χ0n) is 9.28. The smallest absolute Gasteiger partial charge is 0.0954 e. The van der Waals surface area contributed by atoms with Gasteiger partial charge >= 0.3 is 0 Å². The molecule has 1 fully saturated rings. The zero-order valence-corrected chi connectivity index (χ0v) is 9.28. The van der Waals surface area contributed by atoms with Crippen molar-refractivity contribution in [3.8, 4) is 0 Å². The summed E-state index contributed by atoms with van der Waals surface area (Å²) in [5.74, 6) is 0. The van der Waals surface area contributed by atoms with Crippen molar-refractivity contribution in [2.75, 3.05) is 13.1 Å². The molecule has 1 aliphatic heterocycles. The predicted molar refractivity (Wildman–Crippen MR) is 60.2 cm³/mol. The van der Waals surface area contributed by atoms with Crippen LogP contribution in [0.5, 0.6) is 0 Å². The van der Waals surface area contributed by atoms with Crippen molar-refractivity contribution in [1.29, 1.82) is 0 Å². The van der Waals surface area contributed by atoms with E-state index in [2.05, 4.69) is 36.1 Å². The normalized spacial score (nSPS) is 19.3. The molecule has 0 N–H and O–H groups in total. The van der Waals surface area contributed by atoms with Crippen LogP contribution < -0.4 is 0 Å². The highest BCUT2D eigenvalue weighted by atomic mass is 16.3. The first kappa shape index (κ1) is 10.7. The van der Waals surface area contributed by atoms with Crippen LogP contribution in [0.4, 0.5) is 0 Å². The maximum atomic E-state index is 11.2. The van der Waals surface area contributed by atoms with Crippen LogP contribution in [-0.4, -0.2) is 24.1 Å². The number of benzene rings is 1. The number of nitrogens with zero attached hydrogens (tertiary/aromatic N) is 1. The van der Waals surface area contributed by atoms with Gasteiger partial charge in [-0.2, -0.15) is 0 Å². The van der Waals surface area contributed by atoms with Crippen molar-refractivity contribution in [2.45, 2.75) is 32.4 Å². The Morgan fingerprint density at radius 2 is 2.07 bits per heavy atom. The maximum Gasteiger partial charge on any atom is 0.0954 e. The van der Waals surface area contributed by atoms with Gasteiger partial charge in [0.15, 0.2) is 0 Å². The lowest BCUT2D eigenvalue weighted by Crippen LogP contribution is -2.34. The van der Waals surface area contributed by atoms with Gasteiger partial charge in [0.1, 0.15) is 0 Å². The average Bonchev–Trinajstić information content (AvgIpc) is 2.22. The lowest BCUT2D eigenvalue weighted by Gasteiger charge is -2.28.